The van der Waals surface area contributed by atoms with E-state index in [1.807, 2.05) is 0 Å². The molecule has 0 amide bonds. The van der Waals surface area contributed by atoms with Gasteiger partial charge in [0.2, 0.25) is 0 Å². The van der Waals surface area contributed by atoms with Crippen molar-refractivity contribution in [1.82, 2.24) is 0 Å². The molecule has 4 N–H and O–H groups in total. The van der Waals surface area contributed by atoms with Crippen molar-refractivity contribution >= 4 is 5.97 Å². The molecule has 8 nitrogen and oxygen atoms in total. The Morgan fingerprint density at radius 3 is 2.61 bits per heavy atom. The molecule has 2 aliphatic heterocycles. The molecule has 0 bridgehead atoms. The zero-order chi connectivity index (χ0) is 16.9. The van der Waals surface area contributed by atoms with E-state index in [4.69, 9.17) is 9.47 Å². The van der Waals surface area contributed by atoms with Gasteiger partial charge in [0, 0.05) is 12.0 Å². The summed E-state index contributed by atoms with van der Waals surface area (Å²) in [5.74, 6) is -2.28. The Morgan fingerprint density at radius 2 is 2.00 bits per heavy atom. The van der Waals surface area contributed by atoms with Crippen LogP contribution in [0.3, 0.4) is 0 Å². The monoisotopic (exact) mass is 328 g/mol. The number of hydrogen-bond donors (Lipinski definition) is 4. The fourth-order valence-electron chi connectivity index (χ4n) is 5.11. The molecule has 4 fully saturated rings. The van der Waals surface area contributed by atoms with E-state index in [0.29, 0.717) is 0 Å². The summed E-state index contributed by atoms with van der Waals surface area (Å²) in [5, 5.41) is 41.3. The Labute approximate surface area is 132 Å². The van der Waals surface area contributed by atoms with Gasteiger partial charge in [-0.05, 0) is 13.8 Å². The van der Waals surface area contributed by atoms with Gasteiger partial charge in [0.25, 0.3) is 0 Å². The predicted molar refractivity (Wildman–Crippen MR) is 73.0 cm³/mol. The third kappa shape index (κ3) is 1.50. The summed E-state index contributed by atoms with van der Waals surface area (Å²) in [6.45, 7) is 6.66. The van der Waals surface area contributed by atoms with E-state index >= 15 is 0 Å². The highest BCUT2D eigenvalue weighted by Gasteiger charge is 2.87. The van der Waals surface area contributed by atoms with Crippen LogP contribution < -0.4 is 0 Å². The first-order valence-electron chi connectivity index (χ1n) is 7.60. The van der Waals surface area contributed by atoms with Gasteiger partial charge in [0.15, 0.2) is 0 Å². The molecule has 0 radical (unpaired) electrons. The fourth-order valence-corrected chi connectivity index (χ4v) is 5.11. The van der Waals surface area contributed by atoms with Crippen LogP contribution >= 0.6 is 0 Å². The van der Waals surface area contributed by atoms with Crippen LogP contribution in [0.1, 0.15) is 20.3 Å². The molecule has 9 atom stereocenters. The van der Waals surface area contributed by atoms with E-state index in [1.54, 1.807) is 6.92 Å². The van der Waals surface area contributed by atoms with Crippen LogP contribution in [0.4, 0.5) is 0 Å². The Bertz CT molecular complexity index is 602. The van der Waals surface area contributed by atoms with Gasteiger partial charge >= 0.3 is 5.97 Å². The van der Waals surface area contributed by atoms with Gasteiger partial charge in [0.05, 0.1) is 23.5 Å². The second-order valence-corrected chi connectivity index (χ2v) is 7.49. The number of rotatable bonds is 1. The summed E-state index contributed by atoms with van der Waals surface area (Å²) in [6, 6.07) is 0. The molecule has 2 saturated heterocycles. The SMILES string of the molecule is C=C1C(=O)O[C@@H]2C3C(C)(O)[C@@H](O)[C@H]4O[C@@]34[C@](C)(OO)C[C@@H](O)[C@@H]12. The van der Waals surface area contributed by atoms with E-state index in [2.05, 4.69) is 11.5 Å². The molecule has 2 aliphatic carbocycles. The molecule has 0 aromatic heterocycles. The topological polar surface area (TPSA) is 129 Å². The Balaban J connectivity index is 1.90. The third-order valence-corrected chi connectivity index (χ3v) is 6.30. The molecule has 8 heteroatoms. The molecule has 23 heavy (non-hydrogen) atoms. The van der Waals surface area contributed by atoms with E-state index in [1.165, 1.54) is 6.92 Å². The van der Waals surface area contributed by atoms with Crippen molar-refractivity contribution in [3.63, 3.8) is 0 Å². The first kappa shape index (κ1) is 15.5. The molecule has 0 aromatic rings. The molecule has 4 aliphatic rings. The van der Waals surface area contributed by atoms with Gasteiger partial charge in [-0.1, -0.05) is 6.58 Å². The van der Waals surface area contributed by atoms with Gasteiger partial charge in [-0.25, -0.2) is 9.68 Å². The quantitative estimate of drug-likeness (QED) is 0.158. The van der Waals surface area contributed by atoms with Crippen molar-refractivity contribution in [2.24, 2.45) is 11.8 Å². The van der Waals surface area contributed by atoms with Crippen molar-refractivity contribution in [3.8, 4) is 0 Å². The molecule has 4 rings (SSSR count). The number of epoxide rings is 1. The smallest absolute Gasteiger partial charge is 0.334 e. The second kappa shape index (κ2) is 4.14. The number of esters is 1. The highest BCUT2D eigenvalue weighted by atomic mass is 17.1. The van der Waals surface area contributed by atoms with E-state index in [0.717, 1.165) is 0 Å². The normalized spacial score (nSPS) is 60.6. The maximum atomic E-state index is 11.9. The summed E-state index contributed by atoms with van der Waals surface area (Å²) < 4.78 is 11.0. The largest absolute Gasteiger partial charge is 0.458 e. The Hall–Kier alpha value is -1.03. The highest BCUT2D eigenvalue weighted by Crippen LogP contribution is 2.68. The van der Waals surface area contributed by atoms with E-state index < -0.39 is 59.0 Å². The number of aliphatic hydroxyl groups excluding tert-OH is 2. The van der Waals surface area contributed by atoms with Crippen LogP contribution in [0.15, 0.2) is 12.2 Å². The van der Waals surface area contributed by atoms with Crippen molar-refractivity contribution in [2.45, 2.75) is 61.5 Å². The maximum Gasteiger partial charge on any atom is 0.334 e. The second-order valence-electron chi connectivity index (χ2n) is 7.49. The maximum absolute atomic E-state index is 11.9. The first-order chi connectivity index (χ1) is 10.6. The van der Waals surface area contributed by atoms with Gasteiger partial charge < -0.3 is 24.8 Å². The van der Waals surface area contributed by atoms with Crippen LogP contribution in [0.2, 0.25) is 0 Å². The van der Waals surface area contributed by atoms with Crippen molar-refractivity contribution in [1.29, 1.82) is 0 Å². The van der Waals surface area contributed by atoms with Crippen LogP contribution in [0, 0.1) is 11.8 Å². The van der Waals surface area contributed by atoms with Crippen LogP contribution in [0.5, 0.6) is 0 Å². The molecular weight excluding hydrogens is 308 g/mol. The van der Waals surface area contributed by atoms with Crippen LogP contribution in [-0.2, 0) is 19.2 Å². The average Bonchev–Trinajstić information content (AvgIpc) is 3.11. The molecular formula is C15H20O8. The van der Waals surface area contributed by atoms with Crippen molar-refractivity contribution < 1.29 is 39.7 Å². The lowest BCUT2D eigenvalue weighted by molar-refractivity contribution is -0.345. The third-order valence-electron chi connectivity index (χ3n) is 6.30. The zero-order valence-corrected chi connectivity index (χ0v) is 12.8. The van der Waals surface area contributed by atoms with Gasteiger partial charge in [-0.2, -0.15) is 0 Å². The number of carbonyl (C=O) groups is 1. The highest BCUT2D eigenvalue weighted by molar-refractivity contribution is 5.91. The predicted octanol–water partition coefficient (Wildman–Crippen LogP) is -1.02. The minimum atomic E-state index is -1.64. The number of carbonyl (C=O) groups excluding carboxylic acids is 1. The standard InChI is InChI=1S/C15H20O8/c1-5-7-6(16)4-13(2,23-20)15-9(8(7)21-12(5)18)14(3,19)10(17)11(15)22-15/h6-11,16-17,19-20H,1,4H2,2-3H3/t6-,7-,8+,9?,10+,11-,13-,14?,15+/m1/s1. The summed E-state index contributed by atoms with van der Waals surface area (Å²) in [7, 11) is 0. The van der Waals surface area contributed by atoms with Crippen LogP contribution in [0.25, 0.3) is 0 Å². The summed E-state index contributed by atoms with van der Waals surface area (Å²) in [6.07, 6.45) is -4.06. The zero-order valence-electron chi connectivity index (χ0n) is 12.8. The number of fused-ring (bicyclic) bond motifs is 2. The van der Waals surface area contributed by atoms with E-state index in [-0.39, 0.29) is 12.0 Å². The Morgan fingerprint density at radius 1 is 1.35 bits per heavy atom. The number of aliphatic hydroxyl groups is 3. The van der Waals surface area contributed by atoms with Crippen LogP contribution in [-0.4, -0.2) is 67.8 Å². The Kier molecular flexibility index (Phi) is 2.79. The van der Waals surface area contributed by atoms with Gasteiger partial charge in [0.1, 0.15) is 29.5 Å². The number of hydrogen-bond acceptors (Lipinski definition) is 8. The summed E-state index contributed by atoms with van der Waals surface area (Å²) in [4.78, 5) is 16.6. The fraction of sp³-hybridized carbons (Fsp3) is 0.800. The molecule has 1 spiro atoms. The van der Waals surface area contributed by atoms with Crippen molar-refractivity contribution in [2.75, 3.05) is 0 Å². The molecule has 2 unspecified atom stereocenters. The summed E-state index contributed by atoms with van der Waals surface area (Å²) in [5.41, 5.74) is -4.16. The van der Waals surface area contributed by atoms with E-state index in [9.17, 15) is 25.4 Å². The molecule has 2 saturated carbocycles. The molecule has 0 aromatic carbocycles. The van der Waals surface area contributed by atoms with Gasteiger partial charge in [-0.15, -0.1) is 0 Å². The first-order valence-corrected chi connectivity index (χ1v) is 7.60. The summed E-state index contributed by atoms with van der Waals surface area (Å²) >= 11 is 0. The molecule has 128 valence electrons. The lowest BCUT2D eigenvalue weighted by Gasteiger charge is -2.40. The molecule has 2 heterocycles. The number of ether oxygens (including phenoxy) is 2. The average molecular weight is 328 g/mol. The van der Waals surface area contributed by atoms with Crippen molar-refractivity contribution in [3.05, 3.63) is 12.2 Å². The minimum absolute atomic E-state index is 0.0594. The minimum Gasteiger partial charge on any atom is -0.458 e. The lowest BCUT2D eigenvalue weighted by Crippen LogP contribution is -2.57. The van der Waals surface area contributed by atoms with Gasteiger partial charge in [-0.3, -0.25) is 5.26 Å². The lowest BCUT2D eigenvalue weighted by atomic mass is 9.73.